The first kappa shape index (κ1) is 15.7. The molecule has 0 amide bonds. The Labute approximate surface area is 105 Å². The molecule has 1 aromatic rings. The third-order valence-electron chi connectivity index (χ3n) is 1.89. The standard InChI is InChI=1S/C9H8BrF4N.ClH/c10-6-3-1-2-5(8(6)11)4-7(15)9(12,13)14;/h1-3,7H,4,15H2;1H. The molecular formula is C9H9BrClF4N. The smallest absolute Gasteiger partial charge is 0.320 e. The molecule has 1 aromatic carbocycles. The molecule has 0 saturated carbocycles. The molecule has 0 spiro atoms. The predicted octanol–water partition coefficient (Wildman–Crippen LogP) is 3.44. The van der Waals surface area contributed by atoms with E-state index in [1.807, 2.05) is 0 Å². The second-order valence-corrected chi connectivity index (χ2v) is 3.92. The summed E-state index contributed by atoms with van der Waals surface area (Å²) in [6, 6.07) is 2.12. The molecule has 0 aliphatic heterocycles. The Balaban J connectivity index is 0.00000225. The van der Waals surface area contributed by atoms with Crippen LogP contribution in [0.15, 0.2) is 22.7 Å². The second-order valence-electron chi connectivity index (χ2n) is 3.07. The van der Waals surface area contributed by atoms with Crippen molar-refractivity contribution in [3.05, 3.63) is 34.1 Å². The van der Waals surface area contributed by atoms with Crippen LogP contribution in [0.5, 0.6) is 0 Å². The molecule has 92 valence electrons. The fourth-order valence-electron chi connectivity index (χ4n) is 1.06. The Hall–Kier alpha value is -0.330. The molecule has 0 heterocycles. The first-order chi connectivity index (χ1) is 6.82. The van der Waals surface area contributed by atoms with Crippen LogP contribution < -0.4 is 5.73 Å². The minimum Gasteiger partial charge on any atom is -0.320 e. The van der Waals surface area contributed by atoms with Gasteiger partial charge in [0, 0.05) is 0 Å². The van der Waals surface area contributed by atoms with Crippen molar-refractivity contribution < 1.29 is 17.6 Å². The summed E-state index contributed by atoms with van der Waals surface area (Å²) in [5.41, 5.74) is 4.85. The van der Waals surface area contributed by atoms with Crippen molar-refractivity contribution in [2.45, 2.75) is 18.6 Å². The minimum absolute atomic E-state index is 0. The van der Waals surface area contributed by atoms with Gasteiger partial charge in [-0.1, -0.05) is 12.1 Å². The molecule has 1 rings (SSSR count). The molecule has 7 heteroatoms. The number of nitrogens with two attached hydrogens (primary N) is 1. The lowest BCUT2D eigenvalue weighted by Crippen LogP contribution is -2.39. The number of hydrogen-bond donors (Lipinski definition) is 1. The maximum atomic E-state index is 13.3. The van der Waals surface area contributed by atoms with Gasteiger partial charge in [0.25, 0.3) is 0 Å². The zero-order valence-electron chi connectivity index (χ0n) is 7.89. The molecule has 0 aromatic heterocycles. The highest BCUT2D eigenvalue weighted by molar-refractivity contribution is 9.10. The summed E-state index contributed by atoms with van der Waals surface area (Å²) < 4.78 is 49.7. The Morgan fingerprint density at radius 3 is 2.38 bits per heavy atom. The van der Waals surface area contributed by atoms with Gasteiger partial charge in [0.1, 0.15) is 11.9 Å². The first-order valence-corrected chi connectivity index (χ1v) is 4.87. The van der Waals surface area contributed by atoms with Crippen LogP contribution in [-0.4, -0.2) is 12.2 Å². The number of hydrogen-bond acceptors (Lipinski definition) is 1. The minimum atomic E-state index is -4.51. The van der Waals surface area contributed by atoms with Crippen molar-refractivity contribution in [2.75, 3.05) is 0 Å². The Morgan fingerprint density at radius 1 is 1.31 bits per heavy atom. The highest BCUT2D eigenvalue weighted by Crippen LogP contribution is 2.24. The van der Waals surface area contributed by atoms with Gasteiger partial charge in [0.05, 0.1) is 4.47 Å². The van der Waals surface area contributed by atoms with E-state index in [-0.39, 0.29) is 22.4 Å². The maximum Gasteiger partial charge on any atom is 0.403 e. The van der Waals surface area contributed by atoms with E-state index in [1.54, 1.807) is 0 Å². The average molecular weight is 323 g/mol. The summed E-state index contributed by atoms with van der Waals surface area (Å²) in [6.45, 7) is 0. The van der Waals surface area contributed by atoms with Gasteiger partial charge >= 0.3 is 6.18 Å². The zero-order chi connectivity index (χ0) is 11.6. The van der Waals surface area contributed by atoms with E-state index in [0.717, 1.165) is 0 Å². The molecule has 0 aliphatic carbocycles. The van der Waals surface area contributed by atoms with Crippen molar-refractivity contribution in [3.63, 3.8) is 0 Å². The SMILES string of the molecule is Cl.NC(Cc1cccc(Br)c1F)C(F)(F)F. The van der Waals surface area contributed by atoms with Crippen molar-refractivity contribution in [1.82, 2.24) is 0 Å². The molecule has 0 fully saturated rings. The van der Waals surface area contributed by atoms with Crippen LogP contribution in [0.3, 0.4) is 0 Å². The molecular weight excluding hydrogens is 313 g/mol. The number of rotatable bonds is 2. The number of halogens is 6. The fraction of sp³-hybridized carbons (Fsp3) is 0.333. The van der Waals surface area contributed by atoms with Gasteiger partial charge < -0.3 is 5.73 Å². The number of alkyl halides is 3. The largest absolute Gasteiger partial charge is 0.403 e. The lowest BCUT2D eigenvalue weighted by atomic mass is 10.1. The van der Waals surface area contributed by atoms with Gasteiger partial charge in [0.15, 0.2) is 0 Å². The Kier molecular flexibility index (Phi) is 5.72. The van der Waals surface area contributed by atoms with Crippen LogP contribution >= 0.6 is 28.3 Å². The van der Waals surface area contributed by atoms with Crippen LogP contribution in [0.25, 0.3) is 0 Å². The maximum absolute atomic E-state index is 13.3. The highest BCUT2D eigenvalue weighted by atomic mass is 79.9. The second kappa shape index (κ2) is 5.84. The summed E-state index contributed by atoms with van der Waals surface area (Å²) in [6.07, 6.45) is -5.07. The van der Waals surface area contributed by atoms with Gasteiger partial charge in [-0.25, -0.2) is 4.39 Å². The Morgan fingerprint density at radius 2 is 1.88 bits per heavy atom. The van der Waals surface area contributed by atoms with Gasteiger partial charge in [-0.15, -0.1) is 12.4 Å². The Bertz CT molecular complexity index is 356. The van der Waals surface area contributed by atoms with Gasteiger partial charge in [-0.3, -0.25) is 0 Å². The summed E-state index contributed by atoms with van der Waals surface area (Å²) >= 11 is 2.89. The van der Waals surface area contributed by atoms with Crippen molar-refractivity contribution in [1.29, 1.82) is 0 Å². The van der Waals surface area contributed by atoms with E-state index in [0.29, 0.717) is 0 Å². The van der Waals surface area contributed by atoms with E-state index in [4.69, 9.17) is 5.73 Å². The van der Waals surface area contributed by atoms with E-state index in [9.17, 15) is 17.6 Å². The topological polar surface area (TPSA) is 26.0 Å². The predicted molar refractivity (Wildman–Crippen MR) is 59.1 cm³/mol. The van der Waals surface area contributed by atoms with Gasteiger partial charge in [-0.2, -0.15) is 13.2 Å². The molecule has 16 heavy (non-hydrogen) atoms. The summed E-state index contributed by atoms with van der Waals surface area (Å²) in [4.78, 5) is 0. The quantitative estimate of drug-likeness (QED) is 0.829. The molecule has 0 radical (unpaired) electrons. The molecule has 1 nitrogen and oxygen atoms in total. The molecule has 1 unspecified atom stereocenters. The van der Waals surface area contributed by atoms with Gasteiger partial charge in [-0.05, 0) is 34.0 Å². The monoisotopic (exact) mass is 321 g/mol. The molecule has 1 atom stereocenters. The van der Waals surface area contributed by atoms with Crippen LogP contribution in [-0.2, 0) is 6.42 Å². The van der Waals surface area contributed by atoms with E-state index < -0.39 is 24.5 Å². The van der Waals surface area contributed by atoms with Crippen LogP contribution in [0.4, 0.5) is 17.6 Å². The molecule has 2 N–H and O–H groups in total. The fourth-order valence-corrected chi connectivity index (χ4v) is 1.47. The third kappa shape index (κ3) is 3.92. The van der Waals surface area contributed by atoms with Crippen LogP contribution in [0, 0.1) is 5.82 Å². The summed E-state index contributed by atoms with van der Waals surface area (Å²) in [5.74, 6) is -0.697. The van der Waals surface area contributed by atoms with E-state index in [2.05, 4.69) is 15.9 Å². The van der Waals surface area contributed by atoms with Crippen molar-refractivity contribution in [3.8, 4) is 0 Å². The molecule has 0 bridgehead atoms. The van der Waals surface area contributed by atoms with Gasteiger partial charge in [0.2, 0.25) is 0 Å². The highest BCUT2D eigenvalue weighted by Gasteiger charge is 2.37. The zero-order valence-corrected chi connectivity index (χ0v) is 10.3. The molecule has 0 aliphatic rings. The lowest BCUT2D eigenvalue weighted by Gasteiger charge is -2.15. The lowest BCUT2D eigenvalue weighted by molar-refractivity contribution is -0.147. The van der Waals surface area contributed by atoms with E-state index in [1.165, 1.54) is 18.2 Å². The molecule has 0 saturated heterocycles. The van der Waals surface area contributed by atoms with Crippen molar-refractivity contribution >= 4 is 28.3 Å². The average Bonchev–Trinajstić information content (AvgIpc) is 2.11. The van der Waals surface area contributed by atoms with Crippen LogP contribution in [0.2, 0.25) is 0 Å². The van der Waals surface area contributed by atoms with Crippen molar-refractivity contribution in [2.24, 2.45) is 5.73 Å². The first-order valence-electron chi connectivity index (χ1n) is 4.07. The van der Waals surface area contributed by atoms with Crippen LogP contribution in [0.1, 0.15) is 5.56 Å². The van der Waals surface area contributed by atoms with E-state index >= 15 is 0 Å². The third-order valence-corrected chi connectivity index (χ3v) is 2.50. The normalized spacial score (nSPS) is 13.1. The summed E-state index contributed by atoms with van der Waals surface area (Å²) in [7, 11) is 0. The summed E-state index contributed by atoms with van der Waals surface area (Å²) in [5, 5.41) is 0. The number of benzene rings is 1.